The summed E-state index contributed by atoms with van der Waals surface area (Å²) < 4.78 is 0. The van der Waals surface area contributed by atoms with Crippen molar-refractivity contribution in [2.75, 3.05) is 0 Å². The van der Waals surface area contributed by atoms with E-state index in [9.17, 15) is 0 Å². The molecule has 0 N–H and O–H groups in total. The molecule has 1 aromatic rings. The molecule has 0 saturated heterocycles. The van der Waals surface area contributed by atoms with Crippen LogP contribution in [0.2, 0.25) is 0 Å². The second kappa shape index (κ2) is 3.06. The zero-order chi connectivity index (χ0) is 9.26. The van der Waals surface area contributed by atoms with Gasteiger partial charge >= 0.3 is 0 Å². The summed E-state index contributed by atoms with van der Waals surface area (Å²) >= 11 is 0. The summed E-state index contributed by atoms with van der Waals surface area (Å²) in [5, 5.41) is 0. The van der Waals surface area contributed by atoms with Gasteiger partial charge in [-0.3, -0.25) is 0 Å². The fourth-order valence-electron chi connectivity index (χ4n) is 1.66. The van der Waals surface area contributed by atoms with E-state index in [1.54, 1.807) is 0 Å². The van der Waals surface area contributed by atoms with E-state index in [0.717, 1.165) is 5.57 Å². The SMILES string of the molecule is C=CC1C=Cc2ccccc2C1=C. The highest BCUT2D eigenvalue weighted by atomic mass is 14.2. The standard InChI is InChI=1S/C13H12/c1-3-11-8-9-12-6-4-5-7-13(12)10(11)2/h3-9,11H,1-2H2. The van der Waals surface area contributed by atoms with Crippen molar-refractivity contribution in [1.82, 2.24) is 0 Å². The van der Waals surface area contributed by atoms with Crippen molar-refractivity contribution in [3.05, 3.63) is 60.7 Å². The van der Waals surface area contributed by atoms with Crippen molar-refractivity contribution in [2.24, 2.45) is 5.92 Å². The summed E-state index contributed by atoms with van der Waals surface area (Å²) in [7, 11) is 0. The molecule has 0 bridgehead atoms. The maximum Gasteiger partial charge on any atom is 0.0199 e. The average Bonchev–Trinajstić information content (AvgIpc) is 2.19. The molecule has 0 aromatic heterocycles. The number of fused-ring (bicyclic) bond motifs is 1. The number of rotatable bonds is 1. The van der Waals surface area contributed by atoms with E-state index >= 15 is 0 Å². The van der Waals surface area contributed by atoms with Crippen molar-refractivity contribution in [1.29, 1.82) is 0 Å². The molecule has 1 aromatic carbocycles. The Morgan fingerprint density at radius 3 is 2.77 bits per heavy atom. The van der Waals surface area contributed by atoms with Gasteiger partial charge in [-0.2, -0.15) is 0 Å². The number of allylic oxidation sites excluding steroid dienone is 3. The largest absolute Gasteiger partial charge is 0.102 e. The Morgan fingerprint density at radius 1 is 1.23 bits per heavy atom. The van der Waals surface area contributed by atoms with Gasteiger partial charge in [-0.15, -0.1) is 6.58 Å². The minimum absolute atomic E-state index is 0.301. The van der Waals surface area contributed by atoms with Gasteiger partial charge in [-0.25, -0.2) is 0 Å². The third kappa shape index (κ3) is 1.25. The van der Waals surface area contributed by atoms with Gasteiger partial charge in [-0.1, -0.05) is 49.1 Å². The second-order valence-electron chi connectivity index (χ2n) is 3.23. The van der Waals surface area contributed by atoms with Crippen LogP contribution in [0, 0.1) is 5.92 Å². The highest BCUT2D eigenvalue weighted by Gasteiger charge is 2.13. The predicted molar refractivity (Wildman–Crippen MR) is 58.2 cm³/mol. The molecule has 0 saturated carbocycles. The van der Waals surface area contributed by atoms with E-state index in [-0.39, 0.29) is 0 Å². The molecule has 0 fully saturated rings. The topological polar surface area (TPSA) is 0 Å². The monoisotopic (exact) mass is 168 g/mol. The van der Waals surface area contributed by atoms with Crippen LogP contribution >= 0.6 is 0 Å². The maximum absolute atomic E-state index is 4.09. The second-order valence-corrected chi connectivity index (χ2v) is 3.23. The zero-order valence-corrected chi connectivity index (χ0v) is 7.53. The van der Waals surface area contributed by atoms with E-state index < -0.39 is 0 Å². The number of benzene rings is 1. The van der Waals surface area contributed by atoms with Crippen LogP contribution in [0.1, 0.15) is 11.1 Å². The molecule has 0 nitrogen and oxygen atoms in total. The quantitative estimate of drug-likeness (QED) is 0.563. The summed E-state index contributed by atoms with van der Waals surface area (Å²) in [6.45, 7) is 7.88. The van der Waals surface area contributed by atoms with Gasteiger partial charge in [0.15, 0.2) is 0 Å². The number of hydrogen-bond donors (Lipinski definition) is 0. The predicted octanol–water partition coefficient (Wildman–Crippen LogP) is 3.53. The molecule has 0 aliphatic heterocycles. The fourth-order valence-corrected chi connectivity index (χ4v) is 1.66. The molecule has 1 aliphatic rings. The van der Waals surface area contributed by atoms with Gasteiger partial charge < -0.3 is 0 Å². The van der Waals surface area contributed by atoms with Gasteiger partial charge in [0.05, 0.1) is 0 Å². The fraction of sp³-hybridized carbons (Fsp3) is 0.0769. The van der Waals surface area contributed by atoms with E-state index in [1.165, 1.54) is 11.1 Å². The molecule has 2 rings (SSSR count). The molecule has 0 spiro atoms. The molecule has 0 amide bonds. The summed E-state index contributed by atoms with van der Waals surface area (Å²) in [6, 6.07) is 8.31. The Balaban J connectivity index is 2.54. The molecule has 13 heavy (non-hydrogen) atoms. The van der Waals surface area contributed by atoms with Crippen LogP contribution in [0.15, 0.2) is 49.6 Å². The summed E-state index contributed by atoms with van der Waals surface area (Å²) in [5.74, 6) is 0.301. The van der Waals surface area contributed by atoms with Gasteiger partial charge in [0.25, 0.3) is 0 Å². The van der Waals surface area contributed by atoms with Crippen LogP contribution in [0.3, 0.4) is 0 Å². The third-order valence-electron chi connectivity index (χ3n) is 2.45. The first-order valence-corrected chi connectivity index (χ1v) is 4.42. The molecule has 1 unspecified atom stereocenters. The van der Waals surface area contributed by atoms with Crippen LogP contribution in [0.4, 0.5) is 0 Å². The Hall–Kier alpha value is -1.56. The highest BCUT2D eigenvalue weighted by Crippen LogP contribution is 2.31. The third-order valence-corrected chi connectivity index (χ3v) is 2.45. The van der Waals surface area contributed by atoms with Crippen LogP contribution in [0.25, 0.3) is 11.6 Å². The molecule has 0 heterocycles. The van der Waals surface area contributed by atoms with Crippen molar-refractivity contribution < 1.29 is 0 Å². The van der Waals surface area contributed by atoms with E-state index in [4.69, 9.17) is 0 Å². The molecule has 1 atom stereocenters. The van der Waals surface area contributed by atoms with Crippen LogP contribution in [-0.4, -0.2) is 0 Å². The molecule has 0 heteroatoms. The van der Waals surface area contributed by atoms with Gasteiger partial charge in [0.2, 0.25) is 0 Å². The number of hydrogen-bond acceptors (Lipinski definition) is 0. The summed E-state index contributed by atoms with van der Waals surface area (Å²) in [5.41, 5.74) is 3.65. The first-order chi connectivity index (χ1) is 6.33. The lowest BCUT2D eigenvalue weighted by molar-refractivity contribution is 1.09. The Morgan fingerprint density at radius 2 is 2.00 bits per heavy atom. The van der Waals surface area contributed by atoms with E-state index in [1.807, 2.05) is 18.2 Å². The normalized spacial score (nSPS) is 19.7. The lowest BCUT2D eigenvalue weighted by Gasteiger charge is -2.19. The van der Waals surface area contributed by atoms with Crippen LogP contribution in [-0.2, 0) is 0 Å². The van der Waals surface area contributed by atoms with Crippen LogP contribution < -0.4 is 0 Å². The highest BCUT2D eigenvalue weighted by molar-refractivity contribution is 5.80. The lowest BCUT2D eigenvalue weighted by atomic mass is 9.86. The first-order valence-electron chi connectivity index (χ1n) is 4.42. The Labute approximate surface area is 78.9 Å². The molecule has 0 radical (unpaired) electrons. The van der Waals surface area contributed by atoms with E-state index in [2.05, 4.69) is 37.4 Å². The Kier molecular flexibility index (Phi) is 1.90. The average molecular weight is 168 g/mol. The smallest absolute Gasteiger partial charge is 0.0199 e. The molecule has 64 valence electrons. The van der Waals surface area contributed by atoms with E-state index in [0.29, 0.717) is 5.92 Å². The minimum atomic E-state index is 0.301. The van der Waals surface area contributed by atoms with Gasteiger partial charge in [0, 0.05) is 5.92 Å². The van der Waals surface area contributed by atoms with Crippen molar-refractivity contribution >= 4 is 11.6 Å². The van der Waals surface area contributed by atoms with Crippen molar-refractivity contribution in [3.8, 4) is 0 Å². The van der Waals surface area contributed by atoms with Crippen molar-refractivity contribution in [2.45, 2.75) is 0 Å². The maximum atomic E-state index is 4.09. The molecular weight excluding hydrogens is 156 g/mol. The zero-order valence-electron chi connectivity index (χ0n) is 7.53. The Bertz CT molecular complexity index is 383. The molecule has 1 aliphatic carbocycles. The lowest BCUT2D eigenvalue weighted by Crippen LogP contribution is -2.01. The minimum Gasteiger partial charge on any atom is -0.102 e. The van der Waals surface area contributed by atoms with Crippen LogP contribution in [0.5, 0.6) is 0 Å². The van der Waals surface area contributed by atoms with Crippen molar-refractivity contribution in [3.63, 3.8) is 0 Å². The first kappa shape index (κ1) is 8.06. The summed E-state index contributed by atoms with van der Waals surface area (Å²) in [4.78, 5) is 0. The van der Waals surface area contributed by atoms with Gasteiger partial charge in [0.1, 0.15) is 0 Å². The molecular formula is C13H12. The summed E-state index contributed by atoms with van der Waals surface area (Å²) in [6.07, 6.45) is 6.20. The van der Waals surface area contributed by atoms with Gasteiger partial charge in [-0.05, 0) is 16.7 Å².